The molecule has 0 bridgehead atoms. The van der Waals surface area contributed by atoms with Gasteiger partial charge in [0.25, 0.3) is 0 Å². The van der Waals surface area contributed by atoms with E-state index in [4.69, 9.17) is 4.98 Å². The molecular formula is C35H51N3O2. The van der Waals surface area contributed by atoms with E-state index in [0.717, 1.165) is 33.4 Å². The van der Waals surface area contributed by atoms with Crippen LogP contribution in [0.3, 0.4) is 0 Å². The molecule has 2 N–H and O–H groups in total. The minimum absolute atomic E-state index is 0.0909. The molecule has 0 saturated carbocycles. The zero-order chi connectivity index (χ0) is 30.6. The summed E-state index contributed by atoms with van der Waals surface area (Å²) in [5, 5.41) is 22.4. The molecule has 218 valence electrons. The van der Waals surface area contributed by atoms with Crippen molar-refractivity contribution >= 4 is 0 Å². The van der Waals surface area contributed by atoms with Gasteiger partial charge in [0.1, 0.15) is 29.5 Å². The van der Waals surface area contributed by atoms with Crippen LogP contribution >= 0.6 is 0 Å². The van der Waals surface area contributed by atoms with Crippen LogP contribution in [-0.2, 0) is 21.7 Å². The van der Waals surface area contributed by atoms with Crippen molar-refractivity contribution in [2.24, 2.45) is 0 Å². The molecule has 3 rings (SSSR count). The summed E-state index contributed by atoms with van der Waals surface area (Å²) < 4.78 is 0. The number of phenolic OH excluding ortho intramolecular Hbond substituents is 2. The number of nitrogens with zero attached hydrogens (tertiary/aromatic N) is 3. The fraction of sp³-hybridized carbons (Fsp3) is 0.571. The Morgan fingerprint density at radius 3 is 0.975 bits per heavy atom. The first-order valence-electron chi connectivity index (χ1n) is 14.5. The maximum atomic E-state index is 11.2. The van der Waals surface area contributed by atoms with Crippen molar-refractivity contribution in [2.75, 3.05) is 0 Å². The lowest BCUT2D eigenvalue weighted by Crippen LogP contribution is -2.19. The number of phenols is 2. The molecule has 5 heteroatoms. The molecule has 1 aromatic heterocycles. The summed E-state index contributed by atoms with van der Waals surface area (Å²) in [6.45, 7) is 29.7. The number of aromatic hydroxyl groups is 2. The van der Waals surface area contributed by atoms with E-state index in [0.29, 0.717) is 23.1 Å². The van der Waals surface area contributed by atoms with Crippen LogP contribution < -0.4 is 0 Å². The van der Waals surface area contributed by atoms with Gasteiger partial charge in [0.15, 0.2) is 0 Å². The molecule has 2 unspecified atom stereocenters. The first-order valence-corrected chi connectivity index (χ1v) is 14.5. The average molecular weight is 546 g/mol. The highest BCUT2D eigenvalue weighted by Crippen LogP contribution is 2.43. The second kappa shape index (κ2) is 10.5. The number of rotatable bonds is 4. The van der Waals surface area contributed by atoms with E-state index in [-0.39, 0.29) is 33.5 Å². The summed E-state index contributed by atoms with van der Waals surface area (Å²) in [5.41, 5.74) is 5.01. The number of benzene rings is 2. The molecule has 0 aliphatic rings. The lowest BCUT2D eigenvalue weighted by atomic mass is 9.77. The van der Waals surface area contributed by atoms with Crippen molar-refractivity contribution in [1.29, 1.82) is 0 Å². The highest BCUT2D eigenvalue weighted by Gasteiger charge is 2.30. The van der Waals surface area contributed by atoms with Gasteiger partial charge in [0, 0.05) is 11.8 Å². The minimum atomic E-state index is -0.215. The van der Waals surface area contributed by atoms with Crippen LogP contribution in [-0.4, -0.2) is 25.2 Å². The van der Waals surface area contributed by atoms with Gasteiger partial charge in [-0.05, 0) is 55.0 Å². The van der Waals surface area contributed by atoms with Crippen molar-refractivity contribution in [3.05, 3.63) is 75.6 Å². The molecule has 5 nitrogen and oxygen atoms in total. The third kappa shape index (κ3) is 6.50. The van der Waals surface area contributed by atoms with Gasteiger partial charge in [-0.25, -0.2) is 15.0 Å². The van der Waals surface area contributed by atoms with Crippen LogP contribution in [0.5, 0.6) is 11.5 Å². The van der Waals surface area contributed by atoms with E-state index in [1.807, 2.05) is 0 Å². The Hall–Kier alpha value is -2.95. The Morgan fingerprint density at radius 2 is 0.750 bits per heavy atom. The van der Waals surface area contributed by atoms with Gasteiger partial charge in [-0.2, -0.15) is 0 Å². The Balaban J connectivity index is 2.13. The van der Waals surface area contributed by atoms with Gasteiger partial charge in [0.2, 0.25) is 0 Å². The van der Waals surface area contributed by atoms with Crippen molar-refractivity contribution < 1.29 is 10.2 Å². The predicted molar refractivity (Wildman–Crippen MR) is 166 cm³/mol. The molecular weight excluding hydrogens is 494 g/mol. The molecule has 40 heavy (non-hydrogen) atoms. The van der Waals surface area contributed by atoms with Gasteiger partial charge in [-0.3, -0.25) is 0 Å². The molecule has 2 atom stereocenters. The highest BCUT2D eigenvalue weighted by atomic mass is 16.3. The monoisotopic (exact) mass is 545 g/mol. The van der Waals surface area contributed by atoms with Crippen molar-refractivity contribution in [2.45, 2.75) is 130 Å². The summed E-state index contributed by atoms with van der Waals surface area (Å²) in [6.07, 6.45) is 1.61. The Morgan fingerprint density at radius 1 is 0.500 bits per heavy atom. The van der Waals surface area contributed by atoms with E-state index < -0.39 is 0 Å². The van der Waals surface area contributed by atoms with Crippen molar-refractivity contribution in [1.82, 2.24) is 15.0 Å². The van der Waals surface area contributed by atoms with E-state index in [1.165, 1.54) is 0 Å². The summed E-state index contributed by atoms with van der Waals surface area (Å²) in [6, 6.07) is 8.42. The molecule has 0 radical (unpaired) electrons. The zero-order valence-corrected chi connectivity index (χ0v) is 27.3. The fourth-order valence-corrected chi connectivity index (χ4v) is 5.14. The van der Waals surface area contributed by atoms with Gasteiger partial charge in [0.05, 0.1) is 0 Å². The van der Waals surface area contributed by atoms with E-state index >= 15 is 0 Å². The second-order valence-corrected chi connectivity index (χ2v) is 15.6. The van der Waals surface area contributed by atoms with Crippen LogP contribution in [0.4, 0.5) is 0 Å². The number of hydrogen-bond acceptors (Lipinski definition) is 5. The Labute approximate surface area is 242 Å². The van der Waals surface area contributed by atoms with Crippen LogP contribution in [0.2, 0.25) is 0 Å². The molecule has 0 aliphatic carbocycles. The normalized spacial score (nSPS) is 14.8. The third-order valence-electron chi connectivity index (χ3n) is 7.88. The molecule has 0 aliphatic heterocycles. The molecule has 2 aromatic carbocycles. The highest BCUT2D eigenvalue weighted by molar-refractivity contribution is 5.52. The Kier molecular flexibility index (Phi) is 8.26. The largest absolute Gasteiger partial charge is 0.507 e. The summed E-state index contributed by atoms with van der Waals surface area (Å²) >= 11 is 0. The van der Waals surface area contributed by atoms with Crippen molar-refractivity contribution in [3.8, 4) is 11.5 Å². The van der Waals surface area contributed by atoms with Gasteiger partial charge in [-0.1, -0.05) is 121 Å². The van der Waals surface area contributed by atoms with Crippen LogP contribution in [0.1, 0.15) is 154 Å². The topological polar surface area (TPSA) is 79.1 Å². The smallest absolute Gasteiger partial charge is 0.139 e. The molecule has 0 spiro atoms. The fourth-order valence-electron chi connectivity index (χ4n) is 5.14. The SMILES string of the molecule is CC(c1cc(C(C)(C)C)c(O)c(C(C)(C)C)c1)c1ncnc(C(C)c2cc(C(C)(C)C)c(O)c(C(C)(C)C)c2)n1. The van der Waals surface area contributed by atoms with Crippen LogP contribution in [0.15, 0.2) is 30.6 Å². The first-order chi connectivity index (χ1) is 18.0. The maximum absolute atomic E-state index is 11.2. The Bertz CT molecular complexity index is 1210. The second-order valence-electron chi connectivity index (χ2n) is 15.6. The third-order valence-corrected chi connectivity index (χ3v) is 7.88. The van der Waals surface area contributed by atoms with E-state index in [2.05, 4.69) is 131 Å². The lowest BCUT2D eigenvalue weighted by molar-refractivity contribution is 0.421. The first kappa shape index (κ1) is 31.6. The molecule has 0 fully saturated rings. The maximum Gasteiger partial charge on any atom is 0.139 e. The molecule has 0 amide bonds. The zero-order valence-electron chi connectivity index (χ0n) is 27.3. The molecule has 1 heterocycles. The summed E-state index contributed by atoms with van der Waals surface area (Å²) in [4.78, 5) is 14.2. The minimum Gasteiger partial charge on any atom is -0.507 e. The average Bonchev–Trinajstić information content (AvgIpc) is 2.80. The van der Waals surface area contributed by atoms with Crippen LogP contribution in [0, 0.1) is 0 Å². The summed E-state index contributed by atoms with van der Waals surface area (Å²) in [5.74, 6) is 1.97. The van der Waals surface area contributed by atoms with E-state index in [9.17, 15) is 10.2 Å². The predicted octanol–water partition coefficient (Wildman–Crippen LogP) is 8.78. The molecule has 3 aromatic rings. The van der Waals surface area contributed by atoms with Gasteiger partial charge >= 0.3 is 0 Å². The number of hydrogen-bond donors (Lipinski definition) is 2. The van der Waals surface area contributed by atoms with Gasteiger partial charge < -0.3 is 10.2 Å². The van der Waals surface area contributed by atoms with E-state index in [1.54, 1.807) is 6.33 Å². The quantitative estimate of drug-likeness (QED) is 0.342. The standard InChI is InChI=1S/C35H51N3O2/c1-20(22-15-24(32(3,4)5)28(39)25(16-22)33(6,7)8)30-36-19-37-31(38-30)21(2)23-17-26(34(9,10)11)29(40)27(18-23)35(12,13)14/h15-21,39-40H,1-14H3. The van der Waals surface area contributed by atoms with Crippen LogP contribution in [0.25, 0.3) is 0 Å². The molecule has 0 saturated heterocycles. The van der Waals surface area contributed by atoms with Crippen molar-refractivity contribution in [3.63, 3.8) is 0 Å². The summed E-state index contributed by atoms with van der Waals surface area (Å²) in [7, 11) is 0. The number of aromatic nitrogens is 3. The lowest BCUT2D eigenvalue weighted by Gasteiger charge is -2.29. The van der Waals surface area contributed by atoms with Gasteiger partial charge in [-0.15, -0.1) is 0 Å².